The number of anilines is 1. The van der Waals surface area contributed by atoms with Gasteiger partial charge in [-0.1, -0.05) is 6.07 Å². The van der Waals surface area contributed by atoms with E-state index in [0.29, 0.717) is 31.2 Å². The predicted octanol–water partition coefficient (Wildman–Crippen LogP) is 3.01. The van der Waals surface area contributed by atoms with E-state index in [0.717, 1.165) is 53.7 Å². The largest absolute Gasteiger partial charge is 0.480 e. The number of amides is 1. The van der Waals surface area contributed by atoms with Crippen LogP contribution in [0.4, 0.5) is 5.82 Å². The van der Waals surface area contributed by atoms with E-state index in [9.17, 15) is 10.1 Å². The number of nitriles is 1. The summed E-state index contributed by atoms with van der Waals surface area (Å²) in [5.74, 6) is 1.35. The van der Waals surface area contributed by atoms with Crippen LogP contribution < -0.4 is 10.1 Å². The first-order chi connectivity index (χ1) is 16.7. The second-order valence-electron chi connectivity index (χ2n) is 8.65. The van der Waals surface area contributed by atoms with Crippen molar-refractivity contribution >= 4 is 22.6 Å². The Bertz CT molecular complexity index is 1250. The van der Waals surface area contributed by atoms with Crippen molar-refractivity contribution in [3.8, 4) is 23.1 Å². The van der Waals surface area contributed by atoms with Gasteiger partial charge in [0, 0.05) is 55.4 Å². The summed E-state index contributed by atoms with van der Waals surface area (Å²) in [7, 11) is 1.50. The minimum atomic E-state index is 0.0753. The van der Waals surface area contributed by atoms with Gasteiger partial charge in [0.2, 0.25) is 11.8 Å². The molecule has 0 aliphatic carbocycles. The maximum atomic E-state index is 12.9. The minimum absolute atomic E-state index is 0.0753. The summed E-state index contributed by atoms with van der Waals surface area (Å²) in [5.41, 5.74) is 2.90. The van der Waals surface area contributed by atoms with Crippen LogP contribution in [0.25, 0.3) is 22.0 Å². The highest BCUT2D eigenvalue weighted by molar-refractivity contribution is 5.92. The van der Waals surface area contributed by atoms with E-state index in [-0.39, 0.29) is 17.9 Å². The lowest BCUT2D eigenvalue weighted by molar-refractivity contribution is -0.137. The number of pyridine rings is 1. The fourth-order valence-corrected chi connectivity index (χ4v) is 4.68. The van der Waals surface area contributed by atoms with Crippen molar-refractivity contribution < 1.29 is 14.3 Å². The quantitative estimate of drug-likeness (QED) is 0.621. The molecule has 0 unspecified atom stereocenters. The second-order valence-corrected chi connectivity index (χ2v) is 8.65. The van der Waals surface area contributed by atoms with E-state index in [2.05, 4.69) is 26.3 Å². The van der Waals surface area contributed by atoms with Gasteiger partial charge in [-0.2, -0.15) is 5.26 Å². The second kappa shape index (κ2) is 9.61. The zero-order chi connectivity index (χ0) is 23.5. The van der Waals surface area contributed by atoms with Crippen molar-refractivity contribution in [2.24, 2.45) is 5.92 Å². The molecule has 1 atom stereocenters. The lowest BCUT2D eigenvalue weighted by atomic mass is 9.99. The number of methoxy groups -OCH3 is 1. The van der Waals surface area contributed by atoms with E-state index in [1.54, 1.807) is 18.6 Å². The van der Waals surface area contributed by atoms with E-state index in [1.807, 2.05) is 23.1 Å². The molecule has 2 aliphatic rings. The Hall–Kier alpha value is -3.77. The normalized spacial score (nSPS) is 18.6. The number of fused-ring (bicyclic) bond motifs is 1. The van der Waals surface area contributed by atoms with Crippen LogP contribution in [0.1, 0.15) is 24.8 Å². The smallest absolute Gasteiger partial charge is 0.231 e. The first kappa shape index (κ1) is 22.0. The van der Waals surface area contributed by atoms with Crippen LogP contribution in [-0.2, 0) is 9.53 Å². The maximum Gasteiger partial charge on any atom is 0.231 e. The number of aromatic nitrogens is 3. The van der Waals surface area contributed by atoms with Gasteiger partial charge < -0.3 is 19.7 Å². The molecule has 0 bridgehead atoms. The Labute approximate surface area is 197 Å². The Morgan fingerprint density at radius 2 is 2.03 bits per heavy atom. The molecule has 34 heavy (non-hydrogen) atoms. The highest BCUT2D eigenvalue weighted by Gasteiger charge is 2.32. The highest BCUT2D eigenvalue weighted by Crippen LogP contribution is 2.30. The third-order valence-corrected chi connectivity index (χ3v) is 6.54. The van der Waals surface area contributed by atoms with Crippen molar-refractivity contribution in [1.82, 2.24) is 19.9 Å². The van der Waals surface area contributed by atoms with Gasteiger partial charge in [0.1, 0.15) is 23.8 Å². The molecule has 174 valence electrons. The number of hydrogen-bond acceptors (Lipinski definition) is 8. The summed E-state index contributed by atoms with van der Waals surface area (Å²) in [5, 5.41) is 13.8. The van der Waals surface area contributed by atoms with Gasteiger partial charge in [-0.25, -0.2) is 15.0 Å². The molecule has 2 aliphatic heterocycles. The zero-order valence-corrected chi connectivity index (χ0v) is 19.0. The molecule has 9 heteroatoms. The molecule has 9 nitrogen and oxygen atoms in total. The van der Waals surface area contributed by atoms with Gasteiger partial charge in [0.05, 0.1) is 12.6 Å². The van der Waals surface area contributed by atoms with E-state index in [4.69, 9.17) is 9.47 Å². The Balaban J connectivity index is 1.36. The number of likely N-dealkylation sites (tertiary alicyclic amines) is 1. The number of nitrogens with zero attached hydrogens (tertiary/aromatic N) is 5. The molecule has 2 fully saturated rings. The number of rotatable bonds is 5. The number of carbonyl (C=O) groups is 1. The van der Waals surface area contributed by atoms with Crippen LogP contribution in [0.2, 0.25) is 0 Å². The number of ether oxygens (including phenoxy) is 2. The van der Waals surface area contributed by atoms with Gasteiger partial charge >= 0.3 is 0 Å². The summed E-state index contributed by atoms with van der Waals surface area (Å²) in [6, 6.07) is 9.90. The van der Waals surface area contributed by atoms with Crippen molar-refractivity contribution in [2.45, 2.75) is 25.3 Å². The highest BCUT2D eigenvalue weighted by atomic mass is 16.5. The van der Waals surface area contributed by atoms with Crippen LogP contribution in [0.3, 0.4) is 0 Å². The molecule has 0 spiro atoms. The van der Waals surface area contributed by atoms with Crippen molar-refractivity contribution in [3.63, 3.8) is 0 Å². The summed E-state index contributed by atoms with van der Waals surface area (Å²) in [6.45, 7) is 2.74. The average molecular weight is 459 g/mol. The fraction of sp³-hybridized carbons (Fsp3) is 0.400. The van der Waals surface area contributed by atoms with Crippen LogP contribution >= 0.6 is 0 Å². The third kappa shape index (κ3) is 4.37. The lowest BCUT2D eigenvalue weighted by Gasteiger charge is -2.26. The SMILES string of the molecule is COc1ncc(-c2ccc3ncnc(N[C@H]4CCN(C(=O)C5CCOCC5)C4)c3c2)cc1C#N. The average Bonchev–Trinajstić information content (AvgIpc) is 3.36. The maximum absolute atomic E-state index is 12.9. The summed E-state index contributed by atoms with van der Waals surface area (Å²) >= 11 is 0. The van der Waals surface area contributed by atoms with Gasteiger partial charge in [-0.3, -0.25) is 4.79 Å². The number of benzene rings is 1. The Morgan fingerprint density at radius 1 is 1.18 bits per heavy atom. The van der Waals surface area contributed by atoms with Gasteiger partial charge in [-0.05, 0) is 43.0 Å². The topological polar surface area (TPSA) is 113 Å². The molecule has 2 saturated heterocycles. The Kier molecular flexibility index (Phi) is 6.23. The molecule has 0 saturated carbocycles. The van der Waals surface area contributed by atoms with Crippen LogP contribution in [0, 0.1) is 17.2 Å². The van der Waals surface area contributed by atoms with Crippen molar-refractivity contribution in [3.05, 3.63) is 42.4 Å². The van der Waals surface area contributed by atoms with E-state index in [1.165, 1.54) is 7.11 Å². The molecule has 1 aromatic carbocycles. The molecular weight excluding hydrogens is 432 g/mol. The summed E-state index contributed by atoms with van der Waals surface area (Å²) in [4.78, 5) is 28.0. The van der Waals surface area contributed by atoms with Crippen molar-refractivity contribution in [2.75, 3.05) is 38.7 Å². The first-order valence-corrected chi connectivity index (χ1v) is 11.5. The lowest BCUT2D eigenvalue weighted by Crippen LogP contribution is -2.38. The monoisotopic (exact) mass is 458 g/mol. The molecule has 4 heterocycles. The molecular formula is C25H26N6O3. The summed E-state index contributed by atoms with van der Waals surface area (Å²) in [6.07, 6.45) is 5.72. The fourth-order valence-electron chi connectivity index (χ4n) is 4.68. The third-order valence-electron chi connectivity index (χ3n) is 6.54. The molecule has 1 N–H and O–H groups in total. The van der Waals surface area contributed by atoms with Gasteiger partial charge in [0.15, 0.2) is 0 Å². The molecule has 0 radical (unpaired) electrons. The van der Waals surface area contributed by atoms with E-state index < -0.39 is 0 Å². The summed E-state index contributed by atoms with van der Waals surface area (Å²) < 4.78 is 10.6. The molecule has 1 amide bonds. The predicted molar refractivity (Wildman–Crippen MR) is 126 cm³/mol. The number of hydrogen-bond donors (Lipinski definition) is 1. The number of carbonyl (C=O) groups excluding carboxylic acids is 1. The van der Waals surface area contributed by atoms with E-state index >= 15 is 0 Å². The first-order valence-electron chi connectivity index (χ1n) is 11.5. The van der Waals surface area contributed by atoms with Crippen molar-refractivity contribution in [1.29, 1.82) is 5.26 Å². The van der Waals surface area contributed by atoms with Gasteiger partial charge in [-0.15, -0.1) is 0 Å². The zero-order valence-electron chi connectivity index (χ0n) is 19.0. The minimum Gasteiger partial charge on any atom is -0.480 e. The van der Waals surface area contributed by atoms with Crippen LogP contribution in [0.15, 0.2) is 36.8 Å². The standard InChI is InChI=1S/C25H26N6O3/c1-33-24-18(12-26)10-19(13-27-24)17-2-3-22-21(11-17)23(29-15-28-22)30-20-4-7-31(14-20)25(32)16-5-8-34-9-6-16/h2-3,10-11,13,15-16,20H,4-9,14H2,1H3,(H,28,29,30)/t20-/m0/s1. The van der Waals surface area contributed by atoms with Crippen LogP contribution in [0.5, 0.6) is 5.88 Å². The Morgan fingerprint density at radius 3 is 2.82 bits per heavy atom. The van der Waals surface area contributed by atoms with Crippen LogP contribution in [-0.4, -0.2) is 65.2 Å². The van der Waals surface area contributed by atoms with Gasteiger partial charge in [0.25, 0.3) is 0 Å². The number of nitrogens with one attached hydrogen (secondary N) is 1. The molecule has 3 aromatic rings. The molecule has 5 rings (SSSR count). The molecule has 2 aromatic heterocycles.